The van der Waals surface area contributed by atoms with Crippen LogP contribution in [0.4, 0.5) is 4.79 Å². The second-order valence-electron chi connectivity index (χ2n) is 6.77. The summed E-state index contributed by atoms with van der Waals surface area (Å²) in [7, 11) is 1.65. The summed E-state index contributed by atoms with van der Waals surface area (Å²) in [6, 6.07) is 6.52. The van der Waals surface area contributed by atoms with E-state index in [1.54, 1.807) is 12.0 Å². The molecule has 3 rings (SSSR count). The molecule has 3 heterocycles. The largest absolute Gasteiger partial charge is 0.481 e. The summed E-state index contributed by atoms with van der Waals surface area (Å²) >= 11 is 0. The molecule has 6 nitrogen and oxygen atoms in total. The van der Waals surface area contributed by atoms with E-state index in [9.17, 15) is 4.79 Å². The summed E-state index contributed by atoms with van der Waals surface area (Å²) < 4.78 is 5.23. The highest BCUT2D eigenvalue weighted by Crippen LogP contribution is 2.30. The van der Waals surface area contributed by atoms with Crippen LogP contribution in [0.2, 0.25) is 0 Å². The maximum absolute atomic E-state index is 11.1. The number of nitrogens with zero attached hydrogens (tertiary/aromatic N) is 3. The molecule has 1 N–H and O–H groups in total. The zero-order valence-electron chi connectivity index (χ0n) is 14.4. The third-order valence-electron chi connectivity index (χ3n) is 5.39. The van der Waals surface area contributed by atoms with Gasteiger partial charge in [0.2, 0.25) is 5.88 Å². The quantitative estimate of drug-likeness (QED) is 0.921. The number of carboxylic acid groups (broad SMARTS) is 1. The number of methoxy groups -OCH3 is 1. The van der Waals surface area contributed by atoms with E-state index in [4.69, 9.17) is 9.84 Å². The third kappa shape index (κ3) is 3.98. The number of pyridine rings is 1. The molecule has 6 heteroatoms. The molecule has 2 saturated heterocycles. The first kappa shape index (κ1) is 17.0. The van der Waals surface area contributed by atoms with E-state index in [0.29, 0.717) is 30.9 Å². The minimum absolute atomic E-state index is 0.498. The molecule has 0 aliphatic carbocycles. The lowest BCUT2D eigenvalue weighted by Gasteiger charge is -2.37. The van der Waals surface area contributed by atoms with Crippen molar-refractivity contribution in [2.24, 2.45) is 0 Å². The van der Waals surface area contributed by atoms with Gasteiger partial charge in [0.15, 0.2) is 0 Å². The average Bonchev–Trinajstić information content (AvgIpc) is 2.88. The molecule has 1 aromatic rings. The SMILES string of the molecule is COc1cccc(C2CCN(C3CCCN(C(=O)O)CC3)CC2)n1. The van der Waals surface area contributed by atoms with E-state index in [0.717, 1.165) is 50.9 Å². The van der Waals surface area contributed by atoms with Gasteiger partial charge in [-0.15, -0.1) is 0 Å². The lowest BCUT2D eigenvalue weighted by molar-refractivity contribution is 0.131. The third-order valence-corrected chi connectivity index (χ3v) is 5.39. The van der Waals surface area contributed by atoms with E-state index in [1.807, 2.05) is 12.1 Å². The highest BCUT2D eigenvalue weighted by molar-refractivity contribution is 5.64. The lowest BCUT2D eigenvalue weighted by Crippen LogP contribution is -2.41. The summed E-state index contributed by atoms with van der Waals surface area (Å²) in [5.41, 5.74) is 1.13. The van der Waals surface area contributed by atoms with E-state index < -0.39 is 6.09 Å². The molecule has 0 radical (unpaired) electrons. The number of aromatic nitrogens is 1. The van der Waals surface area contributed by atoms with Crippen molar-refractivity contribution in [3.8, 4) is 5.88 Å². The van der Waals surface area contributed by atoms with Crippen LogP contribution < -0.4 is 4.74 Å². The monoisotopic (exact) mass is 333 g/mol. The Hall–Kier alpha value is -1.82. The number of rotatable bonds is 3. The molecular formula is C18H27N3O3. The number of amides is 1. The molecule has 0 spiro atoms. The minimum Gasteiger partial charge on any atom is -0.481 e. The highest BCUT2D eigenvalue weighted by Gasteiger charge is 2.28. The van der Waals surface area contributed by atoms with Crippen molar-refractivity contribution >= 4 is 6.09 Å². The van der Waals surface area contributed by atoms with Gasteiger partial charge in [-0.25, -0.2) is 9.78 Å². The van der Waals surface area contributed by atoms with Gasteiger partial charge in [-0.05, 0) is 51.3 Å². The molecule has 2 fully saturated rings. The Kier molecular flexibility index (Phi) is 5.56. The van der Waals surface area contributed by atoms with Crippen LogP contribution in [-0.2, 0) is 0 Å². The van der Waals surface area contributed by atoms with Gasteiger partial charge in [0.25, 0.3) is 0 Å². The van der Waals surface area contributed by atoms with Crippen molar-refractivity contribution in [2.75, 3.05) is 33.3 Å². The molecule has 0 aromatic carbocycles. The van der Waals surface area contributed by atoms with E-state index in [-0.39, 0.29) is 0 Å². The number of ether oxygens (including phenoxy) is 1. The van der Waals surface area contributed by atoms with Crippen molar-refractivity contribution in [3.05, 3.63) is 23.9 Å². The van der Waals surface area contributed by atoms with Crippen molar-refractivity contribution < 1.29 is 14.6 Å². The summed E-state index contributed by atoms with van der Waals surface area (Å²) in [5.74, 6) is 1.19. The van der Waals surface area contributed by atoms with Crippen LogP contribution in [0, 0.1) is 0 Å². The number of hydrogen-bond acceptors (Lipinski definition) is 4. The molecule has 132 valence electrons. The predicted molar refractivity (Wildman–Crippen MR) is 91.6 cm³/mol. The van der Waals surface area contributed by atoms with Gasteiger partial charge in [-0.3, -0.25) is 0 Å². The molecule has 1 aromatic heterocycles. The molecule has 24 heavy (non-hydrogen) atoms. The normalized spacial score (nSPS) is 23.7. The summed E-state index contributed by atoms with van der Waals surface area (Å²) in [5, 5.41) is 9.16. The van der Waals surface area contributed by atoms with Gasteiger partial charge in [0.05, 0.1) is 7.11 Å². The van der Waals surface area contributed by atoms with Crippen LogP contribution in [-0.4, -0.2) is 65.3 Å². The Morgan fingerprint density at radius 1 is 1.17 bits per heavy atom. The first-order chi connectivity index (χ1) is 11.7. The first-order valence-corrected chi connectivity index (χ1v) is 8.90. The zero-order valence-corrected chi connectivity index (χ0v) is 14.4. The maximum Gasteiger partial charge on any atom is 0.407 e. The number of carbonyl (C=O) groups is 1. The summed E-state index contributed by atoms with van der Waals surface area (Å²) in [4.78, 5) is 19.8. The molecule has 1 amide bonds. The lowest BCUT2D eigenvalue weighted by atomic mass is 9.91. The van der Waals surface area contributed by atoms with Crippen molar-refractivity contribution in [1.29, 1.82) is 0 Å². The van der Waals surface area contributed by atoms with Crippen LogP contribution in [0.15, 0.2) is 18.2 Å². The molecular weight excluding hydrogens is 306 g/mol. The molecule has 2 aliphatic heterocycles. The molecule has 0 bridgehead atoms. The Morgan fingerprint density at radius 3 is 2.67 bits per heavy atom. The summed E-state index contributed by atoms with van der Waals surface area (Å²) in [6.45, 7) is 3.48. The van der Waals surface area contributed by atoms with E-state index in [2.05, 4.69) is 16.0 Å². The number of likely N-dealkylation sites (tertiary alicyclic amines) is 2. The van der Waals surface area contributed by atoms with E-state index >= 15 is 0 Å². The molecule has 0 saturated carbocycles. The van der Waals surface area contributed by atoms with Gasteiger partial charge in [-0.1, -0.05) is 6.07 Å². The predicted octanol–water partition coefficient (Wildman–Crippen LogP) is 2.80. The second kappa shape index (κ2) is 7.83. The standard InChI is InChI=1S/C18H27N3O3/c1-24-17-6-2-5-16(19-17)14-7-11-20(12-8-14)15-4-3-10-21(13-9-15)18(22)23/h2,5-6,14-15H,3-4,7-13H2,1H3,(H,22,23). The van der Waals surface area contributed by atoms with Gasteiger partial charge in [0.1, 0.15) is 0 Å². The van der Waals surface area contributed by atoms with Crippen LogP contribution in [0.5, 0.6) is 5.88 Å². The Bertz CT molecular complexity index is 558. The molecule has 2 aliphatic rings. The maximum atomic E-state index is 11.1. The van der Waals surface area contributed by atoms with Crippen LogP contribution in [0.25, 0.3) is 0 Å². The van der Waals surface area contributed by atoms with Gasteiger partial charge < -0.3 is 19.6 Å². The first-order valence-electron chi connectivity index (χ1n) is 8.90. The van der Waals surface area contributed by atoms with Gasteiger partial charge in [0, 0.05) is 36.8 Å². The summed E-state index contributed by atoms with van der Waals surface area (Å²) in [6.07, 6.45) is 4.46. The Labute approximate surface area is 143 Å². The second-order valence-corrected chi connectivity index (χ2v) is 6.77. The Morgan fingerprint density at radius 2 is 1.96 bits per heavy atom. The fraction of sp³-hybridized carbons (Fsp3) is 0.667. The molecule has 1 unspecified atom stereocenters. The van der Waals surface area contributed by atoms with Crippen molar-refractivity contribution in [3.63, 3.8) is 0 Å². The number of piperidine rings is 1. The Balaban J connectivity index is 1.54. The number of hydrogen-bond donors (Lipinski definition) is 1. The van der Waals surface area contributed by atoms with E-state index in [1.165, 1.54) is 0 Å². The molecule has 1 atom stereocenters. The van der Waals surface area contributed by atoms with Crippen molar-refractivity contribution in [1.82, 2.24) is 14.8 Å². The smallest absolute Gasteiger partial charge is 0.407 e. The van der Waals surface area contributed by atoms with Crippen molar-refractivity contribution in [2.45, 2.75) is 44.1 Å². The van der Waals surface area contributed by atoms with Crippen LogP contribution in [0.1, 0.15) is 43.7 Å². The fourth-order valence-electron chi connectivity index (χ4n) is 3.97. The minimum atomic E-state index is -0.779. The topological polar surface area (TPSA) is 65.9 Å². The zero-order chi connectivity index (χ0) is 16.9. The van der Waals surface area contributed by atoms with Gasteiger partial charge >= 0.3 is 6.09 Å². The van der Waals surface area contributed by atoms with Crippen LogP contribution >= 0.6 is 0 Å². The fourth-order valence-corrected chi connectivity index (χ4v) is 3.97. The average molecular weight is 333 g/mol. The van der Waals surface area contributed by atoms with Gasteiger partial charge in [-0.2, -0.15) is 0 Å². The highest BCUT2D eigenvalue weighted by atomic mass is 16.5. The van der Waals surface area contributed by atoms with Crippen LogP contribution in [0.3, 0.4) is 0 Å².